The van der Waals surface area contributed by atoms with Crippen LogP contribution in [0.2, 0.25) is 0 Å². The molecule has 0 aliphatic rings. The van der Waals surface area contributed by atoms with Crippen LogP contribution in [0.4, 0.5) is 5.69 Å². The molecule has 0 radical (unpaired) electrons. The number of benzene rings is 2. The summed E-state index contributed by atoms with van der Waals surface area (Å²) < 4.78 is 1.11. The Balaban J connectivity index is 2.19. The van der Waals surface area contributed by atoms with E-state index in [1.54, 1.807) is 0 Å². The van der Waals surface area contributed by atoms with Gasteiger partial charge in [0.05, 0.1) is 6.04 Å². The summed E-state index contributed by atoms with van der Waals surface area (Å²) in [6.07, 6.45) is 0. The number of rotatable bonds is 4. The molecule has 0 aromatic heterocycles. The molecule has 1 atom stereocenters. The Labute approximate surface area is 117 Å². The smallest absolute Gasteiger partial charge is 0.0536 e. The third kappa shape index (κ3) is 3.36. The summed E-state index contributed by atoms with van der Waals surface area (Å²) in [6, 6.07) is 19.3. The van der Waals surface area contributed by atoms with Gasteiger partial charge in [0.2, 0.25) is 0 Å². The van der Waals surface area contributed by atoms with Gasteiger partial charge in [-0.2, -0.15) is 0 Å². The average molecular weight is 304 g/mol. The third-order valence-corrected chi connectivity index (χ3v) is 3.52. The monoisotopic (exact) mass is 303 g/mol. The van der Waals surface area contributed by atoms with Crippen molar-refractivity contribution >= 4 is 21.6 Å². The first-order valence-corrected chi connectivity index (χ1v) is 7.03. The number of hydrogen-bond donors (Lipinski definition) is 1. The summed E-state index contributed by atoms with van der Waals surface area (Å²) in [4.78, 5) is 0. The van der Waals surface area contributed by atoms with Gasteiger partial charge in [-0.3, -0.25) is 0 Å². The van der Waals surface area contributed by atoms with Crippen molar-refractivity contribution in [3.05, 3.63) is 64.6 Å². The van der Waals surface area contributed by atoms with E-state index in [4.69, 9.17) is 0 Å². The summed E-state index contributed by atoms with van der Waals surface area (Å²) in [5, 5.41) is 3.60. The normalized spacial score (nSPS) is 12.4. The average Bonchev–Trinajstić information content (AvgIpc) is 2.38. The molecule has 2 heteroatoms. The Bertz CT molecular complexity index is 476. The van der Waals surface area contributed by atoms with Crippen LogP contribution in [0.1, 0.15) is 25.5 Å². The van der Waals surface area contributed by atoms with Gasteiger partial charge in [0.25, 0.3) is 0 Å². The van der Waals surface area contributed by atoms with Crippen molar-refractivity contribution in [2.75, 3.05) is 5.32 Å². The Morgan fingerprint density at radius 1 is 0.889 bits per heavy atom. The van der Waals surface area contributed by atoms with Crippen molar-refractivity contribution < 1.29 is 0 Å². The van der Waals surface area contributed by atoms with E-state index in [0.29, 0.717) is 12.0 Å². The molecule has 1 nitrogen and oxygen atoms in total. The molecule has 0 amide bonds. The van der Waals surface area contributed by atoms with Crippen molar-refractivity contribution in [2.45, 2.75) is 19.9 Å². The van der Waals surface area contributed by atoms with Crippen molar-refractivity contribution in [3.8, 4) is 0 Å². The molecule has 0 aliphatic carbocycles. The zero-order chi connectivity index (χ0) is 13.0. The van der Waals surface area contributed by atoms with Crippen LogP contribution in [0.25, 0.3) is 0 Å². The fraction of sp³-hybridized carbons (Fsp3) is 0.250. The Hall–Kier alpha value is -1.28. The lowest BCUT2D eigenvalue weighted by Gasteiger charge is -2.24. The van der Waals surface area contributed by atoms with E-state index in [9.17, 15) is 0 Å². The number of anilines is 1. The third-order valence-electron chi connectivity index (χ3n) is 2.99. The zero-order valence-corrected chi connectivity index (χ0v) is 12.3. The maximum atomic E-state index is 3.60. The molecule has 2 aromatic carbocycles. The molecule has 0 saturated carbocycles. The molecule has 0 heterocycles. The number of hydrogen-bond acceptors (Lipinski definition) is 1. The van der Waals surface area contributed by atoms with Gasteiger partial charge in [-0.25, -0.2) is 0 Å². The quantitative estimate of drug-likeness (QED) is 0.812. The molecular weight excluding hydrogens is 286 g/mol. The van der Waals surface area contributed by atoms with Crippen molar-refractivity contribution in [3.63, 3.8) is 0 Å². The van der Waals surface area contributed by atoms with E-state index in [0.717, 1.165) is 10.2 Å². The second-order valence-corrected chi connectivity index (χ2v) is 5.70. The van der Waals surface area contributed by atoms with Crippen molar-refractivity contribution in [2.24, 2.45) is 5.92 Å². The lowest BCUT2D eigenvalue weighted by Crippen LogP contribution is -2.16. The first kappa shape index (κ1) is 13.2. The van der Waals surface area contributed by atoms with E-state index < -0.39 is 0 Å². The topological polar surface area (TPSA) is 12.0 Å². The number of halogens is 1. The summed E-state index contributed by atoms with van der Waals surface area (Å²) in [5.41, 5.74) is 2.48. The minimum atomic E-state index is 0.340. The highest BCUT2D eigenvalue weighted by Gasteiger charge is 2.14. The second-order valence-electron chi connectivity index (χ2n) is 4.78. The largest absolute Gasteiger partial charge is 0.378 e. The lowest BCUT2D eigenvalue weighted by atomic mass is 9.96. The van der Waals surface area contributed by atoms with Crippen LogP contribution < -0.4 is 5.32 Å². The van der Waals surface area contributed by atoms with Crippen molar-refractivity contribution in [1.82, 2.24) is 0 Å². The van der Waals surface area contributed by atoms with Crippen LogP contribution in [0.5, 0.6) is 0 Å². The minimum Gasteiger partial charge on any atom is -0.378 e. The van der Waals surface area contributed by atoms with Gasteiger partial charge in [0.1, 0.15) is 0 Å². The van der Waals surface area contributed by atoms with Gasteiger partial charge in [0, 0.05) is 10.2 Å². The second kappa shape index (κ2) is 6.05. The van der Waals surface area contributed by atoms with Crippen LogP contribution in [0.3, 0.4) is 0 Å². The predicted molar refractivity (Wildman–Crippen MR) is 81.8 cm³/mol. The highest BCUT2D eigenvalue weighted by Crippen LogP contribution is 2.26. The van der Waals surface area contributed by atoms with E-state index in [-0.39, 0.29) is 0 Å². The molecular formula is C16H18BrN. The molecule has 94 valence electrons. The van der Waals surface area contributed by atoms with Crippen LogP contribution in [0, 0.1) is 5.92 Å². The Kier molecular flexibility index (Phi) is 4.43. The molecule has 1 N–H and O–H groups in total. The molecule has 1 unspecified atom stereocenters. The lowest BCUT2D eigenvalue weighted by molar-refractivity contribution is 0.546. The SMILES string of the molecule is CC(C)C(Nc1ccc(Br)cc1)c1ccccc1. The first-order chi connectivity index (χ1) is 8.66. The Morgan fingerprint density at radius 3 is 2.06 bits per heavy atom. The molecule has 0 saturated heterocycles. The zero-order valence-electron chi connectivity index (χ0n) is 10.7. The van der Waals surface area contributed by atoms with Crippen LogP contribution in [0.15, 0.2) is 59.1 Å². The highest BCUT2D eigenvalue weighted by molar-refractivity contribution is 9.10. The van der Waals surface area contributed by atoms with E-state index >= 15 is 0 Å². The van der Waals surface area contributed by atoms with E-state index in [1.165, 1.54) is 5.56 Å². The maximum absolute atomic E-state index is 3.60. The van der Waals surface area contributed by atoms with Gasteiger partial charge < -0.3 is 5.32 Å². The Morgan fingerprint density at radius 2 is 1.50 bits per heavy atom. The highest BCUT2D eigenvalue weighted by atomic mass is 79.9. The van der Waals surface area contributed by atoms with Crippen molar-refractivity contribution in [1.29, 1.82) is 0 Å². The summed E-state index contributed by atoms with van der Waals surface area (Å²) in [7, 11) is 0. The minimum absolute atomic E-state index is 0.340. The number of nitrogens with one attached hydrogen (secondary N) is 1. The van der Waals surface area contributed by atoms with Gasteiger partial charge in [0.15, 0.2) is 0 Å². The van der Waals surface area contributed by atoms with Crippen LogP contribution in [-0.4, -0.2) is 0 Å². The summed E-state index contributed by atoms with van der Waals surface area (Å²) in [6.45, 7) is 4.48. The predicted octanol–water partition coefficient (Wildman–Crippen LogP) is 5.26. The summed E-state index contributed by atoms with van der Waals surface area (Å²) >= 11 is 3.46. The van der Waals surface area contributed by atoms with Crippen LogP contribution in [-0.2, 0) is 0 Å². The molecule has 0 bridgehead atoms. The van der Waals surface area contributed by atoms with Gasteiger partial charge in [-0.05, 0) is 35.7 Å². The molecule has 0 fully saturated rings. The van der Waals surface area contributed by atoms with Crippen LogP contribution >= 0.6 is 15.9 Å². The maximum Gasteiger partial charge on any atom is 0.0536 e. The molecule has 2 rings (SSSR count). The fourth-order valence-electron chi connectivity index (χ4n) is 2.02. The fourth-order valence-corrected chi connectivity index (χ4v) is 2.29. The molecule has 0 spiro atoms. The van der Waals surface area contributed by atoms with Gasteiger partial charge >= 0.3 is 0 Å². The van der Waals surface area contributed by atoms with Gasteiger partial charge in [-0.1, -0.05) is 60.1 Å². The molecule has 0 aliphatic heterocycles. The van der Waals surface area contributed by atoms with Gasteiger partial charge in [-0.15, -0.1) is 0 Å². The standard InChI is InChI=1S/C16H18BrN/c1-12(2)16(13-6-4-3-5-7-13)18-15-10-8-14(17)9-11-15/h3-12,16,18H,1-2H3. The summed E-state index contributed by atoms with van der Waals surface area (Å²) in [5.74, 6) is 0.538. The van der Waals surface area contributed by atoms with E-state index in [1.807, 2.05) is 0 Å². The van der Waals surface area contributed by atoms with E-state index in [2.05, 4.69) is 89.7 Å². The molecule has 18 heavy (non-hydrogen) atoms. The first-order valence-electron chi connectivity index (χ1n) is 6.24. The molecule has 2 aromatic rings.